The Morgan fingerprint density at radius 2 is 1.77 bits per heavy atom. The fraction of sp³-hybridized carbons (Fsp3) is 0.208. The first kappa shape index (κ1) is 21.3. The molecule has 158 valence electrons. The van der Waals surface area contributed by atoms with E-state index in [-0.39, 0.29) is 17.9 Å². The average Bonchev–Trinajstić information content (AvgIpc) is 3.09. The number of rotatable bonds is 4. The molecule has 2 heterocycles. The number of nitrogens with one attached hydrogen (secondary N) is 1. The Morgan fingerprint density at radius 3 is 2.45 bits per heavy atom. The van der Waals surface area contributed by atoms with Crippen LogP contribution in [0.5, 0.6) is 0 Å². The number of fused-ring (bicyclic) bond motifs is 1. The van der Waals surface area contributed by atoms with Crippen molar-refractivity contribution in [3.63, 3.8) is 0 Å². The molecule has 1 amide bonds. The van der Waals surface area contributed by atoms with Crippen LogP contribution >= 0.6 is 23.2 Å². The van der Waals surface area contributed by atoms with Gasteiger partial charge in [-0.2, -0.15) is 5.10 Å². The molecule has 31 heavy (non-hydrogen) atoms. The van der Waals surface area contributed by atoms with E-state index in [0.717, 1.165) is 17.0 Å². The second-order valence-electron chi connectivity index (χ2n) is 8.35. The van der Waals surface area contributed by atoms with Crippen LogP contribution in [0.3, 0.4) is 0 Å². The molecule has 0 unspecified atom stereocenters. The predicted molar refractivity (Wildman–Crippen MR) is 125 cm³/mol. The van der Waals surface area contributed by atoms with Crippen molar-refractivity contribution >= 4 is 34.8 Å². The number of halogens is 2. The molecule has 0 aliphatic heterocycles. The van der Waals surface area contributed by atoms with Crippen LogP contribution in [0, 0.1) is 0 Å². The van der Waals surface area contributed by atoms with Gasteiger partial charge in [-0.3, -0.25) is 4.79 Å². The first-order valence-electron chi connectivity index (χ1n) is 9.91. The summed E-state index contributed by atoms with van der Waals surface area (Å²) in [4.78, 5) is 17.4. The van der Waals surface area contributed by atoms with E-state index in [4.69, 9.17) is 28.2 Å². The molecule has 0 fully saturated rings. The summed E-state index contributed by atoms with van der Waals surface area (Å²) in [5.41, 5.74) is 4.88. The van der Waals surface area contributed by atoms with E-state index in [0.29, 0.717) is 21.4 Å². The van der Waals surface area contributed by atoms with Crippen molar-refractivity contribution in [2.45, 2.75) is 32.7 Å². The van der Waals surface area contributed by atoms with Crippen LogP contribution in [0.15, 0.2) is 60.7 Å². The zero-order valence-electron chi connectivity index (χ0n) is 17.5. The maximum absolute atomic E-state index is 12.7. The molecule has 2 aromatic heterocycles. The van der Waals surface area contributed by atoms with Crippen LogP contribution in [0.1, 0.15) is 42.4 Å². The van der Waals surface area contributed by atoms with E-state index >= 15 is 0 Å². The van der Waals surface area contributed by atoms with Crippen molar-refractivity contribution in [1.82, 2.24) is 19.9 Å². The lowest BCUT2D eigenvalue weighted by atomic mass is 9.86. The van der Waals surface area contributed by atoms with Gasteiger partial charge >= 0.3 is 0 Å². The average molecular weight is 453 g/mol. The normalized spacial score (nSPS) is 11.6. The summed E-state index contributed by atoms with van der Waals surface area (Å²) < 4.78 is 1.67. The molecule has 0 aliphatic carbocycles. The van der Waals surface area contributed by atoms with E-state index in [1.54, 1.807) is 34.8 Å². The Balaban J connectivity index is 1.71. The number of aromatic nitrogens is 3. The Hall–Kier alpha value is -2.89. The topological polar surface area (TPSA) is 59.3 Å². The van der Waals surface area contributed by atoms with Crippen LogP contribution in [0.4, 0.5) is 0 Å². The van der Waals surface area contributed by atoms with Gasteiger partial charge in [0.2, 0.25) is 0 Å². The number of benzene rings is 2. The van der Waals surface area contributed by atoms with Gasteiger partial charge in [-0.1, -0.05) is 74.3 Å². The molecule has 5 nitrogen and oxygen atoms in total. The summed E-state index contributed by atoms with van der Waals surface area (Å²) in [5.74, 6) is -0.228. The summed E-state index contributed by atoms with van der Waals surface area (Å²) >= 11 is 12.1. The van der Waals surface area contributed by atoms with E-state index in [1.165, 1.54) is 5.56 Å². The third kappa shape index (κ3) is 4.58. The minimum Gasteiger partial charge on any atom is -0.346 e. The van der Waals surface area contributed by atoms with Crippen LogP contribution in [-0.2, 0) is 12.0 Å². The van der Waals surface area contributed by atoms with Gasteiger partial charge in [0.15, 0.2) is 5.65 Å². The fourth-order valence-electron chi connectivity index (χ4n) is 3.37. The van der Waals surface area contributed by atoms with Crippen LogP contribution in [0.25, 0.3) is 16.9 Å². The van der Waals surface area contributed by atoms with E-state index in [9.17, 15) is 4.79 Å². The zero-order valence-corrected chi connectivity index (χ0v) is 19.0. The van der Waals surface area contributed by atoms with Gasteiger partial charge in [0.1, 0.15) is 5.15 Å². The van der Waals surface area contributed by atoms with Gasteiger partial charge in [-0.25, -0.2) is 9.50 Å². The molecule has 0 bridgehead atoms. The summed E-state index contributed by atoms with van der Waals surface area (Å²) in [6, 6.07) is 18.6. The van der Waals surface area contributed by atoms with Crippen molar-refractivity contribution in [3.8, 4) is 11.3 Å². The Bertz CT molecular complexity index is 1260. The smallest absolute Gasteiger partial charge is 0.251 e. The molecule has 0 atom stereocenters. The zero-order chi connectivity index (χ0) is 22.2. The minimum absolute atomic E-state index is 0.0558. The second kappa shape index (κ2) is 8.33. The van der Waals surface area contributed by atoms with Crippen LogP contribution in [-0.4, -0.2) is 20.5 Å². The highest BCUT2D eigenvalue weighted by Crippen LogP contribution is 2.28. The summed E-state index contributed by atoms with van der Waals surface area (Å²) in [5, 5.41) is 8.19. The largest absolute Gasteiger partial charge is 0.346 e. The number of carbonyl (C=O) groups is 1. The summed E-state index contributed by atoms with van der Waals surface area (Å²) in [6.07, 6.45) is 0. The lowest BCUT2D eigenvalue weighted by molar-refractivity contribution is 0.0950. The standard InChI is InChI=1S/C24H22Cl2N4O/c1-24(2,3)17-9-7-15(8-10-17)22-19(30-21(28-22)12-11-20(26)29-30)14-27-23(31)16-5-4-6-18(25)13-16/h4-13H,14H2,1-3H3,(H,27,31). The maximum atomic E-state index is 12.7. The number of imidazole rings is 1. The van der Waals surface area contributed by atoms with Gasteiger partial charge in [0, 0.05) is 16.1 Å². The molecule has 1 N–H and O–H groups in total. The van der Waals surface area contributed by atoms with Gasteiger partial charge < -0.3 is 5.32 Å². The quantitative estimate of drug-likeness (QED) is 0.417. The van der Waals surface area contributed by atoms with Gasteiger partial charge in [0.25, 0.3) is 5.91 Å². The van der Waals surface area contributed by atoms with Crippen molar-refractivity contribution < 1.29 is 4.79 Å². The molecule has 4 aromatic rings. The monoisotopic (exact) mass is 452 g/mol. The highest BCUT2D eigenvalue weighted by molar-refractivity contribution is 6.31. The third-order valence-electron chi connectivity index (χ3n) is 5.07. The van der Waals surface area contributed by atoms with Crippen LogP contribution in [0.2, 0.25) is 10.2 Å². The molecule has 2 aromatic carbocycles. The number of amides is 1. The predicted octanol–water partition coefficient (Wildman–Crippen LogP) is 5.93. The molecule has 7 heteroatoms. The van der Waals surface area contributed by atoms with Crippen LogP contribution < -0.4 is 5.32 Å². The number of carbonyl (C=O) groups excluding carboxylic acids is 1. The van der Waals surface area contributed by atoms with Crippen molar-refractivity contribution in [1.29, 1.82) is 0 Å². The molecule has 0 spiro atoms. The first-order chi connectivity index (χ1) is 14.7. The fourth-order valence-corrected chi connectivity index (χ4v) is 3.70. The molecule has 0 aliphatic rings. The van der Waals surface area contributed by atoms with Crippen molar-refractivity contribution in [2.24, 2.45) is 0 Å². The third-order valence-corrected chi connectivity index (χ3v) is 5.50. The van der Waals surface area contributed by atoms with Gasteiger partial charge in [0.05, 0.1) is 17.9 Å². The lowest BCUT2D eigenvalue weighted by Gasteiger charge is -2.19. The van der Waals surface area contributed by atoms with E-state index in [1.807, 2.05) is 18.2 Å². The molecular weight excluding hydrogens is 431 g/mol. The Kier molecular flexibility index (Phi) is 5.73. The minimum atomic E-state index is -0.228. The molecule has 0 saturated carbocycles. The Morgan fingerprint density at radius 1 is 1.03 bits per heavy atom. The SMILES string of the molecule is CC(C)(C)c1ccc(-c2nc3ccc(Cl)nn3c2CNC(=O)c2cccc(Cl)c2)cc1. The Labute approximate surface area is 191 Å². The molecule has 0 saturated heterocycles. The van der Waals surface area contributed by atoms with E-state index < -0.39 is 0 Å². The number of nitrogens with zero attached hydrogens (tertiary/aromatic N) is 3. The first-order valence-corrected chi connectivity index (χ1v) is 10.7. The highest BCUT2D eigenvalue weighted by atomic mass is 35.5. The highest BCUT2D eigenvalue weighted by Gasteiger charge is 2.18. The van der Waals surface area contributed by atoms with Crippen molar-refractivity contribution in [3.05, 3.63) is 87.7 Å². The summed E-state index contributed by atoms with van der Waals surface area (Å²) in [7, 11) is 0. The van der Waals surface area contributed by atoms with Crippen molar-refractivity contribution in [2.75, 3.05) is 0 Å². The number of hydrogen-bond donors (Lipinski definition) is 1. The van der Waals surface area contributed by atoms with E-state index in [2.05, 4.69) is 43.3 Å². The summed E-state index contributed by atoms with van der Waals surface area (Å²) in [6.45, 7) is 6.76. The lowest BCUT2D eigenvalue weighted by Crippen LogP contribution is -2.24. The van der Waals surface area contributed by atoms with Gasteiger partial charge in [-0.05, 0) is 41.3 Å². The molecule has 0 radical (unpaired) electrons. The molecule has 4 rings (SSSR count). The number of hydrogen-bond acceptors (Lipinski definition) is 3. The van der Waals surface area contributed by atoms with Gasteiger partial charge in [-0.15, -0.1) is 0 Å². The maximum Gasteiger partial charge on any atom is 0.251 e. The molecular formula is C24H22Cl2N4O. The second-order valence-corrected chi connectivity index (χ2v) is 9.18.